The molecular formula is C16H13ClN2OS. The molecule has 2 N–H and O–H groups in total. The van der Waals surface area contributed by atoms with Crippen LogP contribution in [0.5, 0.6) is 5.75 Å². The predicted molar refractivity (Wildman–Crippen MR) is 91.0 cm³/mol. The van der Waals surface area contributed by atoms with Crippen molar-refractivity contribution in [1.29, 1.82) is 0 Å². The van der Waals surface area contributed by atoms with Crippen LogP contribution in [0.25, 0.3) is 22.4 Å². The normalized spacial score (nSPS) is 11.3. The van der Waals surface area contributed by atoms with Gasteiger partial charge < -0.3 is 10.5 Å². The van der Waals surface area contributed by atoms with Crippen molar-refractivity contribution in [2.75, 3.05) is 12.8 Å². The van der Waals surface area contributed by atoms with Crippen molar-refractivity contribution in [2.24, 2.45) is 0 Å². The second kappa shape index (κ2) is 5.76. The van der Waals surface area contributed by atoms with Gasteiger partial charge in [0.1, 0.15) is 10.8 Å². The Hall–Kier alpha value is -2.04. The number of aromatic nitrogens is 1. The largest absolute Gasteiger partial charge is 0.494 e. The molecular weight excluding hydrogens is 304 g/mol. The zero-order chi connectivity index (χ0) is 14.8. The zero-order valence-electron chi connectivity index (χ0n) is 11.3. The van der Waals surface area contributed by atoms with Crippen LogP contribution in [0.3, 0.4) is 0 Å². The molecule has 3 nitrogen and oxygen atoms in total. The minimum absolute atomic E-state index is 0.561. The van der Waals surface area contributed by atoms with Crippen molar-refractivity contribution >= 4 is 51.0 Å². The summed E-state index contributed by atoms with van der Waals surface area (Å²) in [4.78, 5) is 4.55. The van der Waals surface area contributed by atoms with E-state index in [1.165, 1.54) is 0 Å². The Morgan fingerprint density at radius 2 is 2.00 bits per heavy atom. The number of fused-ring (bicyclic) bond motifs is 1. The van der Waals surface area contributed by atoms with E-state index in [9.17, 15) is 0 Å². The molecule has 0 amide bonds. The fourth-order valence-corrected chi connectivity index (χ4v) is 3.17. The maximum Gasteiger partial charge on any atom is 0.150 e. The van der Waals surface area contributed by atoms with Gasteiger partial charge in [-0.15, -0.1) is 11.3 Å². The SMILES string of the molecule is COc1c(N)ccc(Cl)c1/C=C/c1nc2ccccc2s1. The molecule has 0 fully saturated rings. The molecule has 0 aliphatic heterocycles. The monoisotopic (exact) mass is 316 g/mol. The first-order valence-electron chi connectivity index (χ1n) is 6.34. The summed E-state index contributed by atoms with van der Waals surface area (Å²) in [5.74, 6) is 0.583. The standard InChI is InChI=1S/C16H13ClN2OS/c1-20-16-10(11(17)7-8-12(16)18)6-9-15-19-13-4-2-3-5-14(13)21-15/h2-9H,18H2,1H3/b9-6+. The van der Waals surface area contributed by atoms with Gasteiger partial charge in [0, 0.05) is 5.56 Å². The van der Waals surface area contributed by atoms with Crippen LogP contribution in [-0.2, 0) is 0 Å². The van der Waals surface area contributed by atoms with Crippen LogP contribution >= 0.6 is 22.9 Å². The van der Waals surface area contributed by atoms with Crippen molar-refractivity contribution in [1.82, 2.24) is 4.98 Å². The second-order valence-corrected chi connectivity index (χ2v) is 5.91. The Morgan fingerprint density at radius 1 is 1.19 bits per heavy atom. The minimum Gasteiger partial charge on any atom is -0.494 e. The highest BCUT2D eigenvalue weighted by atomic mass is 35.5. The Morgan fingerprint density at radius 3 is 2.76 bits per heavy atom. The smallest absolute Gasteiger partial charge is 0.150 e. The van der Waals surface area contributed by atoms with Gasteiger partial charge in [-0.25, -0.2) is 4.98 Å². The number of ether oxygens (including phenoxy) is 1. The van der Waals surface area contributed by atoms with E-state index >= 15 is 0 Å². The number of halogens is 1. The van der Waals surface area contributed by atoms with Gasteiger partial charge in [0.15, 0.2) is 0 Å². The summed E-state index contributed by atoms with van der Waals surface area (Å²) >= 11 is 7.85. The Bertz CT molecular complexity index is 793. The number of nitrogens with zero attached hydrogens (tertiary/aromatic N) is 1. The van der Waals surface area contributed by atoms with Crippen LogP contribution in [-0.4, -0.2) is 12.1 Å². The molecule has 2 aromatic carbocycles. The van der Waals surface area contributed by atoms with Crippen molar-refractivity contribution in [2.45, 2.75) is 0 Å². The van der Waals surface area contributed by atoms with Crippen LogP contribution in [0.2, 0.25) is 5.02 Å². The zero-order valence-corrected chi connectivity index (χ0v) is 12.9. The molecule has 0 radical (unpaired) electrons. The molecule has 0 aliphatic rings. The third-order valence-corrected chi connectivity index (χ3v) is 4.41. The van der Waals surface area contributed by atoms with Gasteiger partial charge in [-0.05, 0) is 36.4 Å². The summed E-state index contributed by atoms with van der Waals surface area (Å²) in [5, 5.41) is 1.51. The first-order valence-corrected chi connectivity index (χ1v) is 7.54. The van der Waals surface area contributed by atoms with E-state index in [1.54, 1.807) is 30.6 Å². The lowest BCUT2D eigenvalue weighted by Crippen LogP contribution is -1.95. The van der Waals surface area contributed by atoms with Crippen molar-refractivity contribution in [3.05, 3.63) is 52.0 Å². The summed E-state index contributed by atoms with van der Waals surface area (Å²) in [5.41, 5.74) is 8.22. The Labute approximate surface area is 131 Å². The van der Waals surface area contributed by atoms with E-state index in [4.69, 9.17) is 22.1 Å². The van der Waals surface area contributed by atoms with Gasteiger partial charge in [-0.1, -0.05) is 23.7 Å². The number of benzene rings is 2. The molecule has 0 atom stereocenters. The minimum atomic E-state index is 0.561. The number of anilines is 1. The summed E-state index contributed by atoms with van der Waals surface area (Å²) in [6, 6.07) is 11.5. The third-order valence-electron chi connectivity index (χ3n) is 3.08. The summed E-state index contributed by atoms with van der Waals surface area (Å²) in [7, 11) is 1.58. The van der Waals surface area contributed by atoms with Gasteiger partial charge in [-0.3, -0.25) is 0 Å². The summed E-state index contributed by atoms with van der Waals surface area (Å²) in [6.45, 7) is 0. The van der Waals surface area contributed by atoms with Crippen LogP contribution in [0.15, 0.2) is 36.4 Å². The highest BCUT2D eigenvalue weighted by molar-refractivity contribution is 7.19. The molecule has 1 aromatic heterocycles. The van der Waals surface area contributed by atoms with Gasteiger partial charge in [-0.2, -0.15) is 0 Å². The fraction of sp³-hybridized carbons (Fsp3) is 0.0625. The van der Waals surface area contributed by atoms with Crippen LogP contribution < -0.4 is 10.5 Å². The predicted octanol–water partition coefficient (Wildman–Crippen LogP) is 4.71. The number of rotatable bonds is 3. The molecule has 21 heavy (non-hydrogen) atoms. The molecule has 0 saturated heterocycles. The van der Waals surface area contributed by atoms with Crippen molar-refractivity contribution in [3.63, 3.8) is 0 Å². The fourth-order valence-electron chi connectivity index (χ4n) is 2.09. The van der Waals surface area contributed by atoms with E-state index in [-0.39, 0.29) is 0 Å². The van der Waals surface area contributed by atoms with Gasteiger partial charge >= 0.3 is 0 Å². The molecule has 0 saturated carbocycles. The number of methoxy groups -OCH3 is 1. The van der Waals surface area contributed by atoms with E-state index < -0.39 is 0 Å². The quantitative estimate of drug-likeness (QED) is 0.712. The van der Waals surface area contributed by atoms with Crippen LogP contribution in [0, 0.1) is 0 Å². The number of nitrogens with two attached hydrogens (primary N) is 1. The average Bonchev–Trinajstić information content (AvgIpc) is 2.90. The lowest BCUT2D eigenvalue weighted by molar-refractivity contribution is 0.416. The Balaban J connectivity index is 2.01. The average molecular weight is 317 g/mol. The lowest BCUT2D eigenvalue weighted by Gasteiger charge is -2.09. The molecule has 0 spiro atoms. The molecule has 3 rings (SSSR count). The molecule has 3 aromatic rings. The number of nitrogen functional groups attached to an aromatic ring is 1. The maximum absolute atomic E-state index is 6.22. The molecule has 5 heteroatoms. The summed E-state index contributed by atoms with van der Waals surface area (Å²) < 4.78 is 6.48. The summed E-state index contributed by atoms with van der Waals surface area (Å²) in [6.07, 6.45) is 3.81. The highest BCUT2D eigenvalue weighted by Crippen LogP contribution is 2.34. The number of thiazole rings is 1. The van der Waals surface area contributed by atoms with E-state index in [0.29, 0.717) is 16.5 Å². The molecule has 1 heterocycles. The maximum atomic E-state index is 6.22. The molecule has 0 unspecified atom stereocenters. The first-order chi connectivity index (χ1) is 10.2. The third kappa shape index (κ3) is 2.73. The van der Waals surface area contributed by atoms with Crippen LogP contribution in [0.4, 0.5) is 5.69 Å². The topological polar surface area (TPSA) is 48.1 Å². The Kier molecular flexibility index (Phi) is 3.82. The molecule has 0 bridgehead atoms. The first kappa shape index (κ1) is 13.9. The van der Waals surface area contributed by atoms with E-state index in [1.807, 2.05) is 30.4 Å². The lowest BCUT2D eigenvalue weighted by atomic mass is 10.1. The van der Waals surface area contributed by atoms with Crippen LogP contribution in [0.1, 0.15) is 10.6 Å². The highest BCUT2D eigenvalue weighted by Gasteiger charge is 2.09. The van der Waals surface area contributed by atoms with E-state index in [2.05, 4.69) is 11.1 Å². The number of para-hydroxylation sites is 1. The second-order valence-electron chi connectivity index (χ2n) is 4.44. The van der Waals surface area contributed by atoms with Crippen molar-refractivity contribution in [3.8, 4) is 5.75 Å². The van der Waals surface area contributed by atoms with Gasteiger partial charge in [0.2, 0.25) is 0 Å². The number of hydrogen-bond acceptors (Lipinski definition) is 4. The molecule has 0 aliphatic carbocycles. The van der Waals surface area contributed by atoms with Crippen molar-refractivity contribution < 1.29 is 4.74 Å². The van der Waals surface area contributed by atoms with E-state index in [0.717, 1.165) is 20.8 Å². The van der Waals surface area contributed by atoms with Gasteiger partial charge in [0.25, 0.3) is 0 Å². The number of hydrogen-bond donors (Lipinski definition) is 1. The van der Waals surface area contributed by atoms with Gasteiger partial charge in [0.05, 0.1) is 28.0 Å². The molecule has 106 valence electrons.